The fourth-order valence-corrected chi connectivity index (χ4v) is 4.37. The van der Waals surface area contributed by atoms with Crippen molar-refractivity contribution in [2.24, 2.45) is 7.05 Å². The van der Waals surface area contributed by atoms with Crippen molar-refractivity contribution in [1.29, 1.82) is 0 Å². The Morgan fingerprint density at radius 1 is 1.15 bits per heavy atom. The van der Waals surface area contributed by atoms with Gasteiger partial charge >= 0.3 is 0 Å². The molecule has 0 radical (unpaired) electrons. The molecule has 0 bridgehead atoms. The van der Waals surface area contributed by atoms with Crippen molar-refractivity contribution < 1.29 is 12.9 Å². The van der Waals surface area contributed by atoms with E-state index in [0.717, 1.165) is 11.3 Å². The molecule has 0 saturated heterocycles. The van der Waals surface area contributed by atoms with Crippen molar-refractivity contribution in [3.05, 3.63) is 53.1 Å². The van der Waals surface area contributed by atoms with Gasteiger partial charge in [0, 0.05) is 31.4 Å². The van der Waals surface area contributed by atoms with Gasteiger partial charge in [-0.2, -0.15) is 4.98 Å². The zero-order valence-electron chi connectivity index (χ0n) is 15.3. The summed E-state index contributed by atoms with van der Waals surface area (Å²) in [5.74, 6) is 0.768. The molecule has 0 saturated carbocycles. The summed E-state index contributed by atoms with van der Waals surface area (Å²) in [4.78, 5) is 4.50. The molecule has 1 N–H and O–H groups in total. The molecule has 0 atom stereocenters. The third kappa shape index (κ3) is 3.30. The van der Waals surface area contributed by atoms with Crippen LogP contribution in [0.5, 0.6) is 0 Å². The Morgan fingerprint density at radius 3 is 2.46 bits per heavy atom. The Morgan fingerprint density at radius 2 is 1.85 bits per heavy atom. The minimum absolute atomic E-state index is 0.180. The van der Waals surface area contributed by atoms with Crippen LogP contribution in [0.1, 0.15) is 29.7 Å². The SMILES string of the molecule is CCc1noc(-c2c(S(=O)(=O)NCc3ccccc3)c(C)n(C)c2C)n1. The number of aryl methyl sites for hydroxylation is 1. The molecule has 0 spiro atoms. The zero-order chi connectivity index (χ0) is 18.9. The lowest BCUT2D eigenvalue weighted by Gasteiger charge is -2.08. The highest BCUT2D eigenvalue weighted by molar-refractivity contribution is 7.89. The average Bonchev–Trinajstić information content (AvgIpc) is 3.20. The van der Waals surface area contributed by atoms with Crippen LogP contribution in [0.25, 0.3) is 11.5 Å². The van der Waals surface area contributed by atoms with E-state index in [1.54, 1.807) is 6.92 Å². The lowest BCUT2D eigenvalue weighted by molar-refractivity contribution is 0.422. The molecule has 0 amide bonds. The maximum absolute atomic E-state index is 13.0. The van der Waals surface area contributed by atoms with Gasteiger partial charge in [0.15, 0.2) is 5.82 Å². The highest BCUT2D eigenvalue weighted by Gasteiger charge is 2.30. The first-order chi connectivity index (χ1) is 12.3. The molecular formula is C18H22N4O3S. The third-order valence-electron chi connectivity index (χ3n) is 4.50. The highest BCUT2D eigenvalue weighted by Crippen LogP contribution is 2.34. The maximum atomic E-state index is 13.0. The summed E-state index contributed by atoms with van der Waals surface area (Å²) in [5, 5.41) is 3.90. The average molecular weight is 374 g/mol. The number of benzene rings is 1. The largest absolute Gasteiger partial charge is 0.350 e. The lowest BCUT2D eigenvalue weighted by atomic mass is 10.2. The first-order valence-corrected chi connectivity index (χ1v) is 9.86. The van der Waals surface area contributed by atoms with Crippen LogP contribution in [0.4, 0.5) is 0 Å². The standard InChI is InChI=1S/C18H22N4O3S/c1-5-15-20-18(25-21-15)16-12(2)22(4)13(3)17(16)26(23,24)19-11-14-9-7-6-8-10-14/h6-10,19H,5,11H2,1-4H3. The summed E-state index contributed by atoms with van der Waals surface area (Å²) in [5.41, 5.74) is 2.72. The fraction of sp³-hybridized carbons (Fsp3) is 0.333. The quantitative estimate of drug-likeness (QED) is 0.716. The summed E-state index contributed by atoms with van der Waals surface area (Å²) >= 11 is 0. The molecule has 26 heavy (non-hydrogen) atoms. The summed E-state index contributed by atoms with van der Waals surface area (Å²) < 4.78 is 35.9. The van der Waals surface area contributed by atoms with Crippen molar-refractivity contribution in [2.45, 2.75) is 38.6 Å². The van der Waals surface area contributed by atoms with Crippen LogP contribution >= 0.6 is 0 Å². The van der Waals surface area contributed by atoms with Crippen molar-refractivity contribution in [3.63, 3.8) is 0 Å². The Bertz CT molecular complexity index is 1020. The van der Waals surface area contributed by atoms with Gasteiger partial charge in [0.05, 0.1) is 5.56 Å². The second-order valence-corrected chi connectivity index (χ2v) is 7.82. The molecule has 0 aliphatic carbocycles. The minimum Gasteiger partial charge on any atom is -0.350 e. The van der Waals surface area contributed by atoms with E-state index in [0.29, 0.717) is 23.5 Å². The first kappa shape index (κ1) is 18.3. The molecule has 0 aliphatic heterocycles. The number of aromatic nitrogens is 3. The highest BCUT2D eigenvalue weighted by atomic mass is 32.2. The van der Waals surface area contributed by atoms with E-state index in [4.69, 9.17) is 4.52 Å². The van der Waals surface area contributed by atoms with Crippen molar-refractivity contribution in [1.82, 2.24) is 19.4 Å². The smallest absolute Gasteiger partial charge is 0.261 e. The van der Waals surface area contributed by atoms with Gasteiger partial charge < -0.3 is 9.09 Å². The molecule has 1 aromatic carbocycles. The first-order valence-electron chi connectivity index (χ1n) is 8.37. The summed E-state index contributed by atoms with van der Waals surface area (Å²) in [6.45, 7) is 5.73. The van der Waals surface area contributed by atoms with Gasteiger partial charge in [-0.3, -0.25) is 0 Å². The number of hydrogen-bond donors (Lipinski definition) is 1. The third-order valence-corrected chi connectivity index (χ3v) is 6.06. The second kappa shape index (κ2) is 7.05. The van der Waals surface area contributed by atoms with Crippen molar-refractivity contribution in [3.8, 4) is 11.5 Å². The van der Waals surface area contributed by atoms with E-state index < -0.39 is 10.0 Å². The summed E-state index contributed by atoms with van der Waals surface area (Å²) in [6.07, 6.45) is 0.614. The Kier molecular flexibility index (Phi) is 4.97. The molecule has 3 aromatic rings. The predicted octanol–water partition coefficient (Wildman–Crippen LogP) is 2.73. The van der Waals surface area contributed by atoms with Gasteiger partial charge in [0.2, 0.25) is 10.0 Å². The lowest BCUT2D eigenvalue weighted by Crippen LogP contribution is -2.24. The van der Waals surface area contributed by atoms with Gasteiger partial charge in [-0.1, -0.05) is 42.4 Å². The van der Waals surface area contributed by atoms with Gasteiger partial charge in [-0.15, -0.1) is 0 Å². The van der Waals surface area contributed by atoms with Gasteiger partial charge in [0.1, 0.15) is 4.90 Å². The van der Waals surface area contributed by atoms with E-state index in [1.807, 2.05) is 55.8 Å². The van der Waals surface area contributed by atoms with Crippen LogP contribution in [-0.2, 0) is 30.0 Å². The normalized spacial score (nSPS) is 11.8. The molecule has 0 unspecified atom stereocenters. The topological polar surface area (TPSA) is 90.0 Å². The molecule has 2 aromatic heterocycles. The Hall–Kier alpha value is -2.45. The van der Waals surface area contributed by atoms with E-state index in [2.05, 4.69) is 14.9 Å². The van der Waals surface area contributed by atoms with E-state index >= 15 is 0 Å². The molecule has 8 heteroatoms. The number of nitrogens with zero attached hydrogens (tertiary/aromatic N) is 3. The summed E-state index contributed by atoms with van der Waals surface area (Å²) in [7, 11) is -1.94. The molecule has 138 valence electrons. The van der Waals surface area contributed by atoms with Gasteiger partial charge in [-0.05, 0) is 19.4 Å². The van der Waals surface area contributed by atoms with Crippen LogP contribution in [0, 0.1) is 13.8 Å². The number of sulfonamides is 1. The number of hydrogen-bond acceptors (Lipinski definition) is 5. The Labute approximate surface area is 153 Å². The van der Waals surface area contributed by atoms with E-state index in [9.17, 15) is 8.42 Å². The predicted molar refractivity (Wildman–Crippen MR) is 98.0 cm³/mol. The number of nitrogens with one attached hydrogen (secondary N) is 1. The van der Waals surface area contributed by atoms with Crippen LogP contribution in [0.15, 0.2) is 39.8 Å². The minimum atomic E-state index is -3.77. The van der Waals surface area contributed by atoms with Crippen LogP contribution in [-0.4, -0.2) is 23.1 Å². The molecular weight excluding hydrogens is 352 g/mol. The van der Waals surface area contributed by atoms with Crippen LogP contribution < -0.4 is 4.72 Å². The van der Waals surface area contributed by atoms with Crippen molar-refractivity contribution >= 4 is 10.0 Å². The molecule has 7 nitrogen and oxygen atoms in total. The molecule has 3 rings (SSSR count). The summed E-state index contributed by atoms with van der Waals surface area (Å²) in [6, 6.07) is 9.38. The Balaban J connectivity index is 2.04. The van der Waals surface area contributed by atoms with Crippen LogP contribution in [0.3, 0.4) is 0 Å². The second-order valence-electron chi connectivity index (χ2n) is 6.11. The monoisotopic (exact) mass is 374 g/mol. The molecule has 2 heterocycles. The van der Waals surface area contributed by atoms with E-state index in [1.165, 1.54) is 0 Å². The van der Waals surface area contributed by atoms with E-state index in [-0.39, 0.29) is 17.3 Å². The van der Waals surface area contributed by atoms with Gasteiger partial charge in [-0.25, -0.2) is 13.1 Å². The molecule has 0 fully saturated rings. The van der Waals surface area contributed by atoms with Crippen molar-refractivity contribution in [2.75, 3.05) is 0 Å². The molecule has 0 aliphatic rings. The number of rotatable bonds is 6. The fourth-order valence-electron chi connectivity index (χ4n) is 2.84. The zero-order valence-corrected chi connectivity index (χ0v) is 16.1. The van der Waals surface area contributed by atoms with Crippen LogP contribution in [0.2, 0.25) is 0 Å². The van der Waals surface area contributed by atoms with Gasteiger partial charge in [0.25, 0.3) is 5.89 Å². The maximum Gasteiger partial charge on any atom is 0.261 e.